The minimum absolute atomic E-state index is 0.115. The fourth-order valence-corrected chi connectivity index (χ4v) is 3.88. The minimum atomic E-state index is -0.202. The third-order valence-corrected chi connectivity index (χ3v) is 5.00. The number of thiophene rings is 1. The van der Waals surface area contributed by atoms with Gasteiger partial charge in [-0.15, -0.1) is 11.3 Å². The molecule has 8 heteroatoms. The van der Waals surface area contributed by atoms with Crippen LogP contribution < -0.4 is 5.56 Å². The highest BCUT2D eigenvalue weighted by atomic mass is 32.1. The van der Waals surface area contributed by atoms with Crippen LogP contribution in [-0.4, -0.2) is 60.3 Å². The van der Waals surface area contributed by atoms with Crippen LogP contribution >= 0.6 is 11.3 Å². The van der Waals surface area contributed by atoms with E-state index in [9.17, 15) is 9.59 Å². The zero-order valence-electron chi connectivity index (χ0n) is 13.3. The summed E-state index contributed by atoms with van der Waals surface area (Å²) in [6.45, 7) is 5.60. The number of aromatic nitrogens is 2. The third kappa shape index (κ3) is 3.15. The van der Waals surface area contributed by atoms with E-state index in [4.69, 9.17) is 9.47 Å². The molecular weight excluding hydrogens is 318 g/mol. The Kier molecular flexibility index (Phi) is 4.47. The van der Waals surface area contributed by atoms with E-state index in [1.165, 1.54) is 11.3 Å². The summed E-state index contributed by atoms with van der Waals surface area (Å²) in [4.78, 5) is 34.5. The lowest BCUT2D eigenvalue weighted by Crippen LogP contribution is -2.40. The monoisotopic (exact) mass is 337 g/mol. The van der Waals surface area contributed by atoms with Crippen LogP contribution in [0.1, 0.15) is 21.1 Å². The largest absolute Gasteiger partial charge is 0.376 e. The van der Waals surface area contributed by atoms with Gasteiger partial charge in [-0.25, -0.2) is 4.98 Å². The molecule has 0 spiro atoms. The van der Waals surface area contributed by atoms with E-state index < -0.39 is 0 Å². The van der Waals surface area contributed by atoms with Crippen LogP contribution in [0.25, 0.3) is 10.2 Å². The maximum absolute atomic E-state index is 12.7. The Morgan fingerprint density at radius 2 is 2.22 bits per heavy atom. The maximum Gasteiger partial charge on any atom is 0.264 e. The number of nitrogens with zero attached hydrogens (tertiary/aromatic N) is 2. The lowest BCUT2D eigenvalue weighted by atomic mass is 10.2. The first-order valence-electron chi connectivity index (χ1n) is 7.42. The summed E-state index contributed by atoms with van der Waals surface area (Å²) in [7, 11) is 1.73. The predicted octanol–water partition coefficient (Wildman–Crippen LogP) is 1.09. The Bertz CT molecular complexity index is 792. The molecule has 0 radical (unpaired) electrons. The van der Waals surface area contributed by atoms with Crippen LogP contribution in [0.5, 0.6) is 0 Å². The van der Waals surface area contributed by atoms with Gasteiger partial charge in [-0.05, 0) is 19.4 Å². The molecule has 23 heavy (non-hydrogen) atoms. The van der Waals surface area contributed by atoms with Crippen molar-refractivity contribution in [1.82, 2.24) is 14.9 Å². The van der Waals surface area contributed by atoms with Gasteiger partial charge in [0.15, 0.2) is 0 Å². The fraction of sp³-hybridized carbons (Fsp3) is 0.533. The molecule has 1 saturated heterocycles. The van der Waals surface area contributed by atoms with E-state index in [2.05, 4.69) is 9.97 Å². The standard InChI is InChI=1S/C15H19N3O4S/c1-8-11-13(19)16-9(2)17-14(11)23-12(8)15(20)18(3)6-10-7-21-4-5-22-10/h10H,4-7H2,1-3H3,(H,16,17,19)/t10-/m0/s1. The average molecular weight is 337 g/mol. The van der Waals surface area contributed by atoms with Crippen LogP contribution in [0, 0.1) is 13.8 Å². The molecule has 0 saturated carbocycles. The number of amides is 1. The summed E-state index contributed by atoms with van der Waals surface area (Å²) in [6.07, 6.45) is -0.115. The quantitative estimate of drug-likeness (QED) is 0.906. The number of nitrogens with one attached hydrogen (secondary N) is 1. The number of rotatable bonds is 3. The topological polar surface area (TPSA) is 84.5 Å². The van der Waals surface area contributed by atoms with Gasteiger partial charge in [0.2, 0.25) is 0 Å². The molecule has 1 amide bonds. The number of aryl methyl sites for hydroxylation is 2. The molecule has 0 aromatic carbocycles. The van der Waals surface area contributed by atoms with Gasteiger partial charge in [0.05, 0.1) is 36.2 Å². The van der Waals surface area contributed by atoms with Crippen molar-refractivity contribution in [2.75, 3.05) is 33.4 Å². The molecule has 124 valence electrons. The molecule has 2 aromatic heterocycles. The van der Waals surface area contributed by atoms with Gasteiger partial charge in [-0.1, -0.05) is 0 Å². The smallest absolute Gasteiger partial charge is 0.264 e. The van der Waals surface area contributed by atoms with Gasteiger partial charge in [0, 0.05) is 13.6 Å². The zero-order valence-corrected chi connectivity index (χ0v) is 14.2. The number of fused-ring (bicyclic) bond motifs is 1. The molecule has 7 nitrogen and oxygen atoms in total. The van der Waals surface area contributed by atoms with Crippen molar-refractivity contribution >= 4 is 27.5 Å². The molecule has 0 bridgehead atoms. The molecule has 1 N–H and O–H groups in total. The van der Waals surface area contributed by atoms with Gasteiger partial charge in [-0.2, -0.15) is 0 Å². The Balaban J connectivity index is 1.87. The summed E-state index contributed by atoms with van der Waals surface area (Å²) in [6, 6.07) is 0. The Labute approximate surface area is 137 Å². The molecule has 1 aliphatic rings. The van der Waals surface area contributed by atoms with E-state index in [-0.39, 0.29) is 17.6 Å². The van der Waals surface area contributed by atoms with Crippen molar-refractivity contribution in [3.63, 3.8) is 0 Å². The zero-order chi connectivity index (χ0) is 16.6. The van der Waals surface area contributed by atoms with E-state index in [1.807, 2.05) is 0 Å². The normalized spacial score (nSPS) is 18.3. The summed E-state index contributed by atoms with van der Waals surface area (Å²) in [5.41, 5.74) is 0.475. The molecule has 1 atom stereocenters. The van der Waals surface area contributed by atoms with Gasteiger partial charge < -0.3 is 19.4 Å². The van der Waals surface area contributed by atoms with E-state index in [1.54, 1.807) is 25.8 Å². The Morgan fingerprint density at radius 1 is 1.43 bits per heavy atom. The average Bonchev–Trinajstić information content (AvgIpc) is 2.84. The number of hydrogen-bond donors (Lipinski definition) is 1. The highest BCUT2D eigenvalue weighted by Crippen LogP contribution is 2.28. The second-order valence-corrected chi connectivity index (χ2v) is 6.64. The molecule has 3 heterocycles. The van der Waals surface area contributed by atoms with Crippen LogP contribution in [-0.2, 0) is 9.47 Å². The van der Waals surface area contributed by atoms with Crippen LogP contribution in [0.3, 0.4) is 0 Å². The molecule has 3 rings (SSSR count). The lowest BCUT2D eigenvalue weighted by Gasteiger charge is -2.27. The summed E-state index contributed by atoms with van der Waals surface area (Å²) < 4.78 is 10.9. The van der Waals surface area contributed by atoms with Crippen molar-refractivity contribution < 1.29 is 14.3 Å². The number of carbonyl (C=O) groups excluding carboxylic acids is 1. The number of carbonyl (C=O) groups is 1. The predicted molar refractivity (Wildman–Crippen MR) is 87.2 cm³/mol. The second kappa shape index (κ2) is 6.38. The van der Waals surface area contributed by atoms with Crippen LogP contribution in [0.4, 0.5) is 0 Å². The molecule has 1 aliphatic heterocycles. The SMILES string of the molecule is Cc1nc2sc(C(=O)N(C)C[C@H]3COCCO3)c(C)c2c(=O)[nH]1. The summed E-state index contributed by atoms with van der Waals surface area (Å²) >= 11 is 1.26. The fourth-order valence-electron chi connectivity index (χ4n) is 2.66. The number of aromatic amines is 1. The number of hydrogen-bond acceptors (Lipinski definition) is 6. The van der Waals surface area contributed by atoms with E-state index >= 15 is 0 Å². The molecule has 0 unspecified atom stereocenters. The van der Waals surface area contributed by atoms with E-state index in [0.717, 1.165) is 0 Å². The first-order valence-corrected chi connectivity index (χ1v) is 8.24. The maximum atomic E-state index is 12.7. The van der Waals surface area contributed by atoms with Gasteiger partial charge in [0.25, 0.3) is 11.5 Å². The van der Waals surface area contributed by atoms with E-state index in [0.29, 0.717) is 52.8 Å². The highest BCUT2D eigenvalue weighted by Gasteiger charge is 2.24. The van der Waals surface area contributed by atoms with Crippen molar-refractivity contribution in [2.45, 2.75) is 20.0 Å². The lowest BCUT2D eigenvalue weighted by molar-refractivity contribution is -0.0933. The third-order valence-electron chi connectivity index (χ3n) is 3.82. The summed E-state index contributed by atoms with van der Waals surface area (Å²) in [5, 5.41) is 0.495. The summed E-state index contributed by atoms with van der Waals surface area (Å²) in [5.74, 6) is 0.417. The van der Waals surface area contributed by atoms with Crippen molar-refractivity contribution in [3.05, 3.63) is 26.6 Å². The minimum Gasteiger partial charge on any atom is -0.376 e. The Morgan fingerprint density at radius 3 is 2.91 bits per heavy atom. The van der Waals surface area contributed by atoms with Crippen LogP contribution in [0.15, 0.2) is 4.79 Å². The second-order valence-electron chi connectivity index (χ2n) is 5.64. The number of H-pyrrole nitrogens is 1. The van der Waals surface area contributed by atoms with Gasteiger partial charge >= 0.3 is 0 Å². The Hall–Kier alpha value is -1.77. The van der Waals surface area contributed by atoms with Crippen molar-refractivity contribution in [2.24, 2.45) is 0 Å². The number of likely N-dealkylation sites (N-methyl/N-ethyl adjacent to an activating group) is 1. The molecule has 1 fully saturated rings. The highest BCUT2D eigenvalue weighted by molar-refractivity contribution is 7.20. The van der Waals surface area contributed by atoms with Crippen molar-refractivity contribution in [3.8, 4) is 0 Å². The first-order chi connectivity index (χ1) is 11.0. The molecule has 2 aromatic rings. The molecule has 0 aliphatic carbocycles. The molecular formula is C15H19N3O4S. The van der Waals surface area contributed by atoms with Crippen LogP contribution in [0.2, 0.25) is 0 Å². The van der Waals surface area contributed by atoms with Gasteiger partial charge in [0.1, 0.15) is 10.7 Å². The van der Waals surface area contributed by atoms with Gasteiger partial charge in [-0.3, -0.25) is 9.59 Å². The van der Waals surface area contributed by atoms with Crippen molar-refractivity contribution in [1.29, 1.82) is 0 Å². The first kappa shape index (κ1) is 16.1. The number of ether oxygens (including phenoxy) is 2.